The highest BCUT2D eigenvalue weighted by atomic mass is 32.1. The number of aromatic nitrogens is 3. The Morgan fingerprint density at radius 2 is 2.03 bits per heavy atom. The Hall–Kier alpha value is -2.67. The molecule has 182 valence electrons. The second-order valence-corrected chi connectivity index (χ2v) is 8.69. The van der Waals surface area contributed by atoms with Gasteiger partial charge in [0.2, 0.25) is 5.91 Å². The Kier molecular flexibility index (Phi) is 8.30. The normalized spacial score (nSPS) is 15.5. The highest BCUT2D eigenvalue weighted by Crippen LogP contribution is 2.36. The van der Waals surface area contributed by atoms with E-state index in [0.717, 1.165) is 12.6 Å². The van der Waals surface area contributed by atoms with Crippen LogP contribution in [-0.2, 0) is 15.7 Å². The van der Waals surface area contributed by atoms with E-state index in [-0.39, 0.29) is 30.5 Å². The Morgan fingerprint density at radius 1 is 1.30 bits per heavy atom. The number of anilines is 2. The fourth-order valence-corrected chi connectivity index (χ4v) is 4.15. The molecule has 0 bridgehead atoms. The van der Waals surface area contributed by atoms with Crippen LogP contribution in [0.3, 0.4) is 0 Å². The second-order valence-electron chi connectivity index (χ2n) is 7.68. The van der Waals surface area contributed by atoms with Crippen molar-refractivity contribution in [3.63, 3.8) is 0 Å². The van der Waals surface area contributed by atoms with Gasteiger partial charge < -0.3 is 19.9 Å². The molecule has 0 saturated carbocycles. The van der Waals surface area contributed by atoms with Crippen LogP contribution in [0.25, 0.3) is 0 Å². The van der Waals surface area contributed by atoms with E-state index >= 15 is 0 Å². The third-order valence-electron chi connectivity index (χ3n) is 5.41. The van der Waals surface area contributed by atoms with Gasteiger partial charge in [-0.25, -0.2) is 10.1 Å². The minimum atomic E-state index is -4.39. The first-order valence-corrected chi connectivity index (χ1v) is 11.4. The quantitative estimate of drug-likeness (QED) is 0.523. The lowest BCUT2D eigenvalue weighted by atomic mass is 10.2. The molecule has 0 radical (unpaired) electrons. The molecule has 0 spiro atoms. The lowest BCUT2D eigenvalue weighted by Crippen LogP contribution is -2.49. The Bertz CT molecular complexity index is 988. The number of nitrogens with one attached hydrogen (secondary N) is 2. The van der Waals surface area contributed by atoms with Crippen molar-refractivity contribution in [1.29, 1.82) is 0 Å². The van der Waals surface area contributed by atoms with Crippen LogP contribution in [0.5, 0.6) is 0 Å². The van der Waals surface area contributed by atoms with Gasteiger partial charge in [-0.2, -0.15) is 18.3 Å². The molecule has 1 aliphatic heterocycles. The van der Waals surface area contributed by atoms with Gasteiger partial charge in [-0.15, -0.1) is 0 Å². The van der Waals surface area contributed by atoms with Gasteiger partial charge in [0.1, 0.15) is 4.88 Å². The maximum atomic E-state index is 12.8. The summed E-state index contributed by atoms with van der Waals surface area (Å²) in [5, 5.41) is 9.73. The molecule has 3 heterocycles. The van der Waals surface area contributed by atoms with Gasteiger partial charge in [-0.3, -0.25) is 9.59 Å². The number of carbonyl (C=O) groups excluding carboxylic acids is 1. The van der Waals surface area contributed by atoms with Gasteiger partial charge in [0.25, 0.3) is 5.56 Å². The Labute approximate surface area is 192 Å². The Balaban J connectivity index is 1.38. The maximum Gasteiger partial charge on any atom is 0.427 e. The van der Waals surface area contributed by atoms with Crippen molar-refractivity contribution in [2.24, 2.45) is 0 Å². The topological polar surface area (TPSA) is 103 Å². The maximum absolute atomic E-state index is 12.8. The van der Waals surface area contributed by atoms with E-state index in [9.17, 15) is 22.8 Å². The van der Waals surface area contributed by atoms with Crippen LogP contribution in [0, 0.1) is 6.92 Å². The number of halogens is 3. The average molecular weight is 489 g/mol. The van der Waals surface area contributed by atoms with E-state index in [1.54, 1.807) is 22.9 Å². The number of nitrogens with zero attached hydrogens (tertiary/aromatic N) is 4. The summed E-state index contributed by atoms with van der Waals surface area (Å²) >= 11 is 0.617. The summed E-state index contributed by atoms with van der Waals surface area (Å²) in [6, 6.07) is -0.0363. The van der Waals surface area contributed by atoms with E-state index < -0.39 is 11.1 Å². The van der Waals surface area contributed by atoms with Gasteiger partial charge in [0.15, 0.2) is 5.13 Å². The first-order valence-electron chi connectivity index (χ1n) is 10.6. The summed E-state index contributed by atoms with van der Waals surface area (Å²) in [5.41, 5.74) is 0.938. The van der Waals surface area contributed by atoms with Crippen molar-refractivity contribution in [3.05, 3.63) is 33.2 Å². The molecule has 0 unspecified atom stereocenters. The summed E-state index contributed by atoms with van der Waals surface area (Å²) in [4.78, 5) is 30.7. The van der Waals surface area contributed by atoms with Gasteiger partial charge >= 0.3 is 6.18 Å². The van der Waals surface area contributed by atoms with Crippen molar-refractivity contribution >= 4 is 28.1 Å². The number of H-pyrrole nitrogens is 1. The van der Waals surface area contributed by atoms with Crippen LogP contribution >= 0.6 is 11.3 Å². The van der Waals surface area contributed by atoms with E-state index in [4.69, 9.17) is 4.74 Å². The number of hydrogen-bond acceptors (Lipinski definition) is 8. The van der Waals surface area contributed by atoms with Crippen LogP contribution in [0.2, 0.25) is 0 Å². The molecule has 2 aromatic rings. The number of carbonyl (C=O) groups is 1. The molecular formula is C20H27F3N6O3S. The largest absolute Gasteiger partial charge is 0.427 e. The molecule has 2 aromatic heterocycles. The van der Waals surface area contributed by atoms with E-state index in [2.05, 4.69) is 20.5 Å². The minimum Gasteiger partial charge on any atom is -0.379 e. The zero-order valence-corrected chi connectivity index (χ0v) is 19.3. The van der Waals surface area contributed by atoms with Crippen LogP contribution in [0.1, 0.15) is 30.2 Å². The summed E-state index contributed by atoms with van der Waals surface area (Å²) in [6.07, 6.45) is -1.01. The Morgan fingerprint density at radius 3 is 2.67 bits per heavy atom. The SMILES string of the molecule is CC[C@@H](COCCC(=O)N1CCN(c2ncc(C(F)(F)F)s2)CC1)Nc1cn[nH]c(=O)c1C. The first-order chi connectivity index (χ1) is 15.7. The van der Waals surface area contributed by atoms with Crippen LogP contribution < -0.4 is 15.8 Å². The van der Waals surface area contributed by atoms with Crippen LogP contribution in [0.15, 0.2) is 17.2 Å². The first kappa shape index (κ1) is 25.0. The zero-order chi connectivity index (χ0) is 24.0. The smallest absolute Gasteiger partial charge is 0.379 e. The zero-order valence-electron chi connectivity index (χ0n) is 18.4. The number of piperazine rings is 1. The van der Waals surface area contributed by atoms with E-state index in [0.29, 0.717) is 60.5 Å². The lowest BCUT2D eigenvalue weighted by molar-refractivity contribution is -0.134. The molecule has 9 nitrogen and oxygen atoms in total. The van der Waals surface area contributed by atoms with Gasteiger partial charge in [-0.1, -0.05) is 18.3 Å². The fourth-order valence-electron chi connectivity index (χ4n) is 3.32. The fraction of sp³-hybridized carbons (Fsp3) is 0.600. The molecule has 1 amide bonds. The molecule has 1 atom stereocenters. The van der Waals surface area contributed by atoms with Crippen LogP contribution in [-0.4, -0.2) is 71.4 Å². The van der Waals surface area contributed by atoms with Gasteiger partial charge in [-0.05, 0) is 13.3 Å². The number of thiazole rings is 1. The number of amides is 1. The summed E-state index contributed by atoms with van der Waals surface area (Å²) in [7, 11) is 0. The number of rotatable bonds is 9. The number of aromatic amines is 1. The van der Waals surface area contributed by atoms with Crippen molar-refractivity contribution in [1.82, 2.24) is 20.1 Å². The average Bonchev–Trinajstić information content (AvgIpc) is 3.29. The van der Waals surface area contributed by atoms with Crippen molar-refractivity contribution in [2.75, 3.05) is 49.6 Å². The predicted molar refractivity (Wildman–Crippen MR) is 119 cm³/mol. The molecule has 3 rings (SSSR count). The molecule has 1 aliphatic rings. The van der Waals surface area contributed by atoms with Gasteiger partial charge in [0, 0.05) is 37.8 Å². The van der Waals surface area contributed by atoms with Crippen molar-refractivity contribution in [3.8, 4) is 0 Å². The number of ether oxygens (including phenoxy) is 1. The van der Waals surface area contributed by atoms with E-state index in [1.165, 1.54) is 0 Å². The monoisotopic (exact) mass is 488 g/mol. The predicted octanol–water partition coefficient (Wildman–Crippen LogP) is 2.50. The standard InChI is InChI=1S/C20H27F3N6O3S/c1-3-14(26-15-10-25-27-18(31)13(15)2)12-32-9-4-17(30)28-5-7-29(8-6-28)19-24-11-16(33-19)20(21,22)23/h10-11,14H,3-9,12H2,1-2H3,(H2,26,27,31)/t14-/m0/s1. The third kappa shape index (κ3) is 6.67. The molecule has 13 heteroatoms. The summed E-state index contributed by atoms with van der Waals surface area (Å²) in [5.74, 6) is -0.0552. The highest BCUT2D eigenvalue weighted by molar-refractivity contribution is 7.15. The third-order valence-corrected chi connectivity index (χ3v) is 6.51. The van der Waals surface area contributed by atoms with E-state index in [1.807, 2.05) is 6.92 Å². The molecule has 0 aliphatic carbocycles. The molecule has 33 heavy (non-hydrogen) atoms. The van der Waals surface area contributed by atoms with Crippen LogP contribution in [0.4, 0.5) is 24.0 Å². The van der Waals surface area contributed by atoms with Crippen molar-refractivity contribution in [2.45, 2.75) is 38.9 Å². The molecule has 1 fully saturated rings. The summed E-state index contributed by atoms with van der Waals surface area (Å²) < 4.78 is 44.0. The number of alkyl halides is 3. The molecule has 0 aromatic carbocycles. The molecule has 2 N–H and O–H groups in total. The minimum absolute atomic E-state index is 0.0363. The lowest BCUT2D eigenvalue weighted by Gasteiger charge is -2.34. The van der Waals surface area contributed by atoms with Crippen molar-refractivity contribution < 1.29 is 22.7 Å². The second kappa shape index (κ2) is 11.0. The van der Waals surface area contributed by atoms with Gasteiger partial charge in [0.05, 0.1) is 37.7 Å². The molecule has 1 saturated heterocycles. The highest BCUT2D eigenvalue weighted by Gasteiger charge is 2.34. The number of hydrogen-bond donors (Lipinski definition) is 2. The molecular weight excluding hydrogens is 461 g/mol. The summed E-state index contributed by atoms with van der Waals surface area (Å²) in [6.45, 7) is 6.04.